The quantitative estimate of drug-likeness (QED) is 0.452. The van der Waals surface area contributed by atoms with E-state index in [0.29, 0.717) is 23.3 Å². The lowest BCUT2D eigenvalue weighted by Gasteiger charge is -2.35. The van der Waals surface area contributed by atoms with Crippen molar-refractivity contribution in [2.24, 2.45) is 17.8 Å². The molecule has 1 aromatic heterocycles. The number of rotatable bonds is 4. The number of aryl methyl sites for hydroxylation is 3. The van der Waals surface area contributed by atoms with E-state index in [4.69, 9.17) is 12.9 Å². The fourth-order valence-electron chi connectivity index (χ4n) is 5.11. The highest BCUT2D eigenvalue weighted by Crippen LogP contribution is 2.42. The molecule has 4 nitrogen and oxygen atoms in total. The molecule has 2 aromatic carbocycles. The fourth-order valence-corrected chi connectivity index (χ4v) is 6.45. The summed E-state index contributed by atoms with van der Waals surface area (Å²) in [5.41, 5.74) is 5.63. The first kappa shape index (κ1) is 22.5. The second kappa shape index (κ2) is 9.02. The number of aliphatic hydroxyl groups is 1. The Bertz CT molecular complexity index is 1130. The molecule has 1 saturated carbocycles. The van der Waals surface area contributed by atoms with Crippen molar-refractivity contribution >= 4 is 30.2 Å². The topological polar surface area (TPSA) is 55.7 Å². The van der Waals surface area contributed by atoms with Gasteiger partial charge in [-0.1, -0.05) is 33.3 Å². The highest BCUT2D eigenvalue weighted by Gasteiger charge is 2.33. The SMILES string of the molecule is Cc1cc(C)c2op(OC3CC(C)CCC3C(C)C)oc3c(CO)cc(C)cc3c2c1. The van der Waals surface area contributed by atoms with Gasteiger partial charge in [0.15, 0.2) is 0 Å². The van der Waals surface area contributed by atoms with Crippen molar-refractivity contribution in [1.82, 2.24) is 0 Å². The van der Waals surface area contributed by atoms with E-state index in [9.17, 15) is 5.11 Å². The Balaban J connectivity index is 1.96. The maximum Gasteiger partial charge on any atom is 0.387 e. The molecule has 0 saturated heterocycles. The van der Waals surface area contributed by atoms with Crippen molar-refractivity contribution in [1.29, 1.82) is 0 Å². The number of fused-ring (bicyclic) bond motifs is 3. The molecule has 1 heterocycles. The molecule has 5 heteroatoms. The van der Waals surface area contributed by atoms with Gasteiger partial charge < -0.3 is 13.5 Å². The molecule has 0 radical (unpaired) electrons. The monoisotopic (exact) mass is 442 g/mol. The number of benzene rings is 2. The standard InChI is InChI=1S/C26H35O4P/c1-15(2)21-8-7-16(3)13-24(21)28-31-29-25-19(6)9-17(4)11-22(25)23-12-18(5)10-20(14-27)26(23)30-31/h9-12,15-16,21,24,27H,7-8,13-14H2,1-6H3. The minimum atomic E-state index is -1.63. The summed E-state index contributed by atoms with van der Waals surface area (Å²) in [7, 11) is -1.63. The zero-order valence-corrected chi connectivity index (χ0v) is 20.5. The summed E-state index contributed by atoms with van der Waals surface area (Å²) in [6.45, 7) is 13.0. The van der Waals surface area contributed by atoms with E-state index < -0.39 is 8.24 Å². The van der Waals surface area contributed by atoms with Gasteiger partial charge in [-0.25, -0.2) is 0 Å². The number of aliphatic hydroxyl groups excluding tert-OH is 1. The van der Waals surface area contributed by atoms with Gasteiger partial charge in [-0.2, -0.15) is 0 Å². The molecule has 0 spiro atoms. The van der Waals surface area contributed by atoms with Crippen LogP contribution in [0.25, 0.3) is 21.9 Å². The van der Waals surface area contributed by atoms with E-state index in [0.717, 1.165) is 39.5 Å². The van der Waals surface area contributed by atoms with Gasteiger partial charge in [-0.05, 0) is 86.3 Å². The number of hydrogen-bond donors (Lipinski definition) is 1. The number of hydrogen-bond acceptors (Lipinski definition) is 4. The molecule has 31 heavy (non-hydrogen) atoms. The second-order valence-corrected chi connectivity index (χ2v) is 10.8. The van der Waals surface area contributed by atoms with Crippen LogP contribution in [0.3, 0.4) is 0 Å². The third-order valence-electron chi connectivity index (χ3n) is 6.70. The maximum atomic E-state index is 10.1. The normalized spacial score (nSPS) is 22.5. The predicted octanol–water partition coefficient (Wildman–Crippen LogP) is 7.60. The molecule has 1 aliphatic carbocycles. The minimum absolute atomic E-state index is 0.0810. The van der Waals surface area contributed by atoms with Crippen LogP contribution in [0.5, 0.6) is 0 Å². The molecule has 1 N–H and O–H groups in total. The molecule has 1 fully saturated rings. The van der Waals surface area contributed by atoms with Crippen molar-refractivity contribution in [3.05, 3.63) is 46.5 Å². The Kier molecular flexibility index (Phi) is 6.53. The van der Waals surface area contributed by atoms with Gasteiger partial charge in [0.25, 0.3) is 0 Å². The molecule has 1 aliphatic rings. The largest absolute Gasteiger partial charge is 0.399 e. The summed E-state index contributed by atoms with van der Waals surface area (Å²) in [6.07, 6.45) is 3.58. The zero-order chi connectivity index (χ0) is 22.3. The fraction of sp³-hybridized carbons (Fsp3) is 0.538. The van der Waals surface area contributed by atoms with E-state index in [1.807, 2.05) is 13.0 Å². The van der Waals surface area contributed by atoms with Crippen LogP contribution in [0.4, 0.5) is 0 Å². The molecular formula is C26H35O4P. The zero-order valence-electron chi connectivity index (χ0n) is 19.6. The highest BCUT2D eigenvalue weighted by atomic mass is 31.1. The van der Waals surface area contributed by atoms with Gasteiger partial charge >= 0.3 is 8.24 Å². The van der Waals surface area contributed by atoms with Gasteiger partial charge in [-0.15, -0.1) is 0 Å². The smallest absolute Gasteiger partial charge is 0.387 e. The minimum Gasteiger partial charge on any atom is -0.399 e. The molecular weight excluding hydrogens is 407 g/mol. The first-order chi connectivity index (χ1) is 14.8. The molecule has 0 aliphatic heterocycles. The third kappa shape index (κ3) is 4.58. The van der Waals surface area contributed by atoms with E-state index in [-0.39, 0.29) is 12.7 Å². The summed E-state index contributed by atoms with van der Waals surface area (Å²) >= 11 is 0. The van der Waals surface area contributed by atoms with E-state index in [1.165, 1.54) is 18.4 Å². The molecule has 4 unspecified atom stereocenters. The lowest BCUT2D eigenvalue weighted by Crippen LogP contribution is -2.35. The average Bonchev–Trinajstić information content (AvgIpc) is 2.84. The molecule has 4 rings (SSSR count). The molecule has 3 aromatic rings. The second-order valence-electron chi connectivity index (χ2n) is 9.79. The van der Waals surface area contributed by atoms with Crippen LogP contribution in [0.2, 0.25) is 0 Å². The Morgan fingerprint density at radius 1 is 1.00 bits per heavy atom. The predicted molar refractivity (Wildman–Crippen MR) is 128 cm³/mol. The van der Waals surface area contributed by atoms with E-state index >= 15 is 0 Å². The van der Waals surface area contributed by atoms with Gasteiger partial charge in [0, 0.05) is 16.3 Å². The average molecular weight is 443 g/mol. The van der Waals surface area contributed by atoms with Gasteiger partial charge in [0.05, 0.1) is 12.7 Å². The van der Waals surface area contributed by atoms with E-state index in [2.05, 4.69) is 52.8 Å². The van der Waals surface area contributed by atoms with Crippen molar-refractivity contribution in [3.8, 4) is 0 Å². The van der Waals surface area contributed by atoms with Crippen LogP contribution in [0.1, 0.15) is 62.3 Å². The lowest BCUT2D eigenvalue weighted by molar-refractivity contribution is 0.0746. The van der Waals surface area contributed by atoms with Crippen molar-refractivity contribution < 1.29 is 18.0 Å². The van der Waals surface area contributed by atoms with Gasteiger partial charge in [0.1, 0.15) is 11.2 Å². The molecule has 0 amide bonds. The Morgan fingerprint density at radius 3 is 2.32 bits per heavy atom. The first-order valence-corrected chi connectivity index (χ1v) is 12.5. The molecule has 0 bridgehead atoms. The summed E-state index contributed by atoms with van der Waals surface area (Å²) in [5.74, 6) is 1.70. The van der Waals surface area contributed by atoms with Crippen LogP contribution in [-0.2, 0) is 6.61 Å². The summed E-state index contributed by atoms with van der Waals surface area (Å²) < 4.78 is 19.5. The van der Waals surface area contributed by atoms with Crippen molar-refractivity contribution in [2.45, 2.75) is 73.5 Å². The van der Waals surface area contributed by atoms with Crippen LogP contribution >= 0.6 is 8.24 Å². The van der Waals surface area contributed by atoms with Gasteiger partial charge in [-0.3, -0.25) is 4.52 Å². The molecule has 4 atom stereocenters. The highest BCUT2D eigenvalue weighted by molar-refractivity contribution is 7.31. The van der Waals surface area contributed by atoms with Crippen molar-refractivity contribution in [3.63, 3.8) is 0 Å². The summed E-state index contributed by atoms with van der Waals surface area (Å²) in [5, 5.41) is 12.1. The van der Waals surface area contributed by atoms with E-state index in [1.54, 1.807) is 0 Å². The van der Waals surface area contributed by atoms with Crippen LogP contribution in [-0.4, -0.2) is 11.2 Å². The maximum absolute atomic E-state index is 10.1. The van der Waals surface area contributed by atoms with Gasteiger partial charge in [0.2, 0.25) is 0 Å². The Labute approximate surface area is 186 Å². The third-order valence-corrected chi connectivity index (χ3v) is 7.81. The lowest BCUT2D eigenvalue weighted by atomic mass is 9.75. The Hall–Kier alpha value is -1.74. The molecule has 168 valence electrons. The van der Waals surface area contributed by atoms with Crippen LogP contribution in [0, 0.1) is 38.5 Å². The van der Waals surface area contributed by atoms with Crippen LogP contribution in [0.15, 0.2) is 32.7 Å². The van der Waals surface area contributed by atoms with Crippen molar-refractivity contribution in [2.75, 3.05) is 0 Å². The van der Waals surface area contributed by atoms with Crippen LogP contribution < -0.4 is 4.52 Å². The first-order valence-electron chi connectivity index (χ1n) is 11.5. The summed E-state index contributed by atoms with van der Waals surface area (Å²) in [6, 6.07) is 8.39. The summed E-state index contributed by atoms with van der Waals surface area (Å²) in [4.78, 5) is 0. The Morgan fingerprint density at radius 2 is 1.65 bits per heavy atom.